The van der Waals surface area contributed by atoms with Crippen molar-refractivity contribution in [1.82, 2.24) is 5.32 Å². The molecule has 0 aromatic heterocycles. The lowest BCUT2D eigenvalue weighted by Gasteiger charge is -2.10. The first kappa shape index (κ1) is 20.9. The van der Waals surface area contributed by atoms with Crippen molar-refractivity contribution in [3.05, 3.63) is 24.3 Å². The van der Waals surface area contributed by atoms with Crippen LogP contribution in [0.2, 0.25) is 0 Å². The normalized spacial score (nSPS) is 12.4. The van der Waals surface area contributed by atoms with Gasteiger partial charge in [-0.3, -0.25) is 0 Å². The van der Waals surface area contributed by atoms with Crippen molar-refractivity contribution in [2.24, 2.45) is 5.92 Å². The maximum atomic E-state index is 12.0. The molecule has 1 aromatic rings. The van der Waals surface area contributed by atoms with E-state index in [0.717, 1.165) is 0 Å². The molecule has 0 heterocycles. The van der Waals surface area contributed by atoms with Gasteiger partial charge in [-0.2, -0.15) is 5.26 Å². The summed E-state index contributed by atoms with van der Waals surface area (Å²) in [5.41, 5.74) is 0.470. The fourth-order valence-corrected chi connectivity index (χ4v) is 2.93. The second-order valence-electron chi connectivity index (χ2n) is 6.04. The molecule has 0 aliphatic heterocycles. The molecule has 0 bridgehead atoms. The van der Waals surface area contributed by atoms with Crippen LogP contribution in [-0.2, 0) is 14.6 Å². The molecule has 7 nitrogen and oxygen atoms in total. The Balaban J connectivity index is 2.43. The molecule has 0 fully saturated rings. The van der Waals surface area contributed by atoms with E-state index in [-0.39, 0.29) is 10.9 Å². The summed E-state index contributed by atoms with van der Waals surface area (Å²) in [4.78, 5) is 11.8. The van der Waals surface area contributed by atoms with Crippen LogP contribution >= 0.6 is 0 Å². The molecule has 138 valence electrons. The van der Waals surface area contributed by atoms with Gasteiger partial charge in [-0.25, -0.2) is 13.2 Å². The number of urea groups is 1. The van der Waals surface area contributed by atoms with Crippen molar-refractivity contribution in [2.75, 3.05) is 25.1 Å². The highest BCUT2D eigenvalue weighted by molar-refractivity contribution is 7.92. The number of amides is 2. The van der Waals surface area contributed by atoms with Gasteiger partial charge in [0.15, 0.2) is 9.84 Å². The highest BCUT2D eigenvalue weighted by atomic mass is 32.2. The molecule has 2 N–H and O–H groups in total. The van der Waals surface area contributed by atoms with Gasteiger partial charge >= 0.3 is 6.03 Å². The molecule has 25 heavy (non-hydrogen) atoms. The lowest BCUT2D eigenvalue weighted by Crippen LogP contribution is -2.30. The summed E-state index contributed by atoms with van der Waals surface area (Å²) >= 11 is 0. The van der Waals surface area contributed by atoms with E-state index in [9.17, 15) is 13.2 Å². The van der Waals surface area contributed by atoms with E-state index in [1.54, 1.807) is 6.07 Å². The van der Waals surface area contributed by atoms with Gasteiger partial charge in [-0.05, 0) is 43.5 Å². The first-order valence-electron chi connectivity index (χ1n) is 8.13. The van der Waals surface area contributed by atoms with E-state index in [1.807, 2.05) is 0 Å². The number of rotatable bonds is 9. The van der Waals surface area contributed by atoms with Crippen molar-refractivity contribution in [3.8, 4) is 6.07 Å². The predicted molar refractivity (Wildman–Crippen MR) is 96.0 cm³/mol. The van der Waals surface area contributed by atoms with E-state index >= 15 is 0 Å². The molecule has 2 amide bonds. The third kappa shape index (κ3) is 7.11. The Bertz CT molecular complexity index is 694. The average molecular weight is 367 g/mol. The third-order valence-electron chi connectivity index (χ3n) is 3.29. The Hall–Kier alpha value is -2.11. The summed E-state index contributed by atoms with van der Waals surface area (Å²) in [5.74, 6) is 0.485. The molecule has 0 saturated heterocycles. The van der Waals surface area contributed by atoms with Crippen molar-refractivity contribution in [3.63, 3.8) is 0 Å². The topological polar surface area (TPSA) is 108 Å². The predicted octanol–water partition coefficient (Wildman–Crippen LogP) is 2.56. The second-order valence-corrected chi connectivity index (χ2v) is 8.31. The number of nitriles is 1. The number of carbonyl (C=O) groups is 1. The van der Waals surface area contributed by atoms with E-state index in [2.05, 4.69) is 24.5 Å². The number of hydrogen-bond acceptors (Lipinski definition) is 5. The van der Waals surface area contributed by atoms with E-state index < -0.39 is 15.1 Å². The minimum atomic E-state index is -3.67. The van der Waals surface area contributed by atoms with Crippen LogP contribution in [0.4, 0.5) is 10.5 Å². The Morgan fingerprint density at radius 3 is 2.44 bits per heavy atom. The lowest BCUT2D eigenvalue weighted by atomic mass is 10.2. The summed E-state index contributed by atoms with van der Waals surface area (Å²) in [6, 6.07) is 7.07. The number of sulfone groups is 1. The number of ether oxygens (including phenoxy) is 1. The molecule has 1 unspecified atom stereocenters. The van der Waals surface area contributed by atoms with Gasteiger partial charge < -0.3 is 15.4 Å². The van der Waals surface area contributed by atoms with Gasteiger partial charge in [-0.1, -0.05) is 13.8 Å². The van der Waals surface area contributed by atoms with Crippen molar-refractivity contribution < 1.29 is 17.9 Å². The molecule has 1 atom stereocenters. The van der Waals surface area contributed by atoms with Gasteiger partial charge in [0.2, 0.25) is 0 Å². The molecule has 0 aliphatic carbocycles. The SMILES string of the molecule is CC(C)COCCCNC(=O)Nc1ccc(S(=O)(=O)C(C)C#N)cc1. The summed E-state index contributed by atoms with van der Waals surface area (Å²) < 4.78 is 29.5. The third-order valence-corrected chi connectivity index (χ3v) is 5.26. The maximum Gasteiger partial charge on any atom is 0.319 e. The summed E-state index contributed by atoms with van der Waals surface area (Å²) in [6.45, 7) is 7.25. The highest BCUT2D eigenvalue weighted by Gasteiger charge is 2.22. The summed E-state index contributed by atoms with van der Waals surface area (Å²) in [5, 5.41) is 13.0. The lowest BCUT2D eigenvalue weighted by molar-refractivity contribution is 0.108. The van der Waals surface area contributed by atoms with Crippen LogP contribution in [-0.4, -0.2) is 39.5 Å². The number of nitrogens with one attached hydrogen (secondary N) is 2. The van der Waals surface area contributed by atoms with E-state index in [1.165, 1.54) is 31.2 Å². The highest BCUT2D eigenvalue weighted by Crippen LogP contribution is 2.18. The number of hydrogen-bond donors (Lipinski definition) is 2. The quantitative estimate of drug-likeness (QED) is 0.652. The van der Waals surface area contributed by atoms with Gasteiger partial charge in [0, 0.05) is 25.4 Å². The number of benzene rings is 1. The fraction of sp³-hybridized carbons (Fsp3) is 0.529. The van der Waals surface area contributed by atoms with Crippen LogP contribution in [0.25, 0.3) is 0 Å². The summed E-state index contributed by atoms with van der Waals surface area (Å²) in [6.07, 6.45) is 0.712. The summed E-state index contributed by atoms with van der Waals surface area (Å²) in [7, 11) is -3.67. The molecular weight excluding hydrogens is 342 g/mol. The molecule has 1 rings (SSSR count). The minimum absolute atomic E-state index is 0.0507. The smallest absolute Gasteiger partial charge is 0.319 e. The molecule has 1 aromatic carbocycles. The van der Waals surface area contributed by atoms with Crippen LogP contribution in [0, 0.1) is 17.2 Å². The second kappa shape index (κ2) is 10.0. The zero-order valence-electron chi connectivity index (χ0n) is 14.8. The molecule has 0 radical (unpaired) electrons. The largest absolute Gasteiger partial charge is 0.381 e. The number of anilines is 1. The Morgan fingerprint density at radius 2 is 1.88 bits per heavy atom. The van der Waals surface area contributed by atoms with Gasteiger partial charge in [0.1, 0.15) is 5.25 Å². The Morgan fingerprint density at radius 1 is 1.24 bits per heavy atom. The number of nitrogens with zero attached hydrogens (tertiary/aromatic N) is 1. The molecule has 0 spiro atoms. The fourth-order valence-electron chi connectivity index (χ4n) is 1.87. The Labute approximate surface area is 149 Å². The standard InChI is InChI=1S/C17H25N3O4S/c1-13(2)12-24-10-4-9-19-17(21)20-15-5-7-16(8-6-15)25(22,23)14(3)11-18/h5-8,13-14H,4,9-10,12H2,1-3H3,(H2,19,20,21). The molecule has 8 heteroatoms. The molecule has 0 aliphatic rings. The molecule has 0 saturated carbocycles. The van der Waals surface area contributed by atoms with Crippen LogP contribution < -0.4 is 10.6 Å². The van der Waals surface area contributed by atoms with Gasteiger partial charge in [0.05, 0.1) is 11.0 Å². The zero-order valence-corrected chi connectivity index (χ0v) is 15.6. The van der Waals surface area contributed by atoms with Gasteiger partial charge in [-0.15, -0.1) is 0 Å². The van der Waals surface area contributed by atoms with Crippen LogP contribution in [0.5, 0.6) is 0 Å². The van der Waals surface area contributed by atoms with Crippen molar-refractivity contribution in [2.45, 2.75) is 37.3 Å². The minimum Gasteiger partial charge on any atom is -0.381 e. The molecular formula is C17H25N3O4S. The van der Waals surface area contributed by atoms with Crippen LogP contribution in [0.1, 0.15) is 27.2 Å². The van der Waals surface area contributed by atoms with Crippen LogP contribution in [0.15, 0.2) is 29.2 Å². The van der Waals surface area contributed by atoms with Crippen molar-refractivity contribution >= 4 is 21.6 Å². The van der Waals surface area contributed by atoms with Gasteiger partial charge in [0.25, 0.3) is 0 Å². The van der Waals surface area contributed by atoms with E-state index in [0.29, 0.717) is 37.8 Å². The Kier molecular flexibility index (Phi) is 8.38. The first-order valence-corrected chi connectivity index (χ1v) is 9.68. The monoisotopic (exact) mass is 367 g/mol. The first-order chi connectivity index (χ1) is 11.8. The van der Waals surface area contributed by atoms with E-state index in [4.69, 9.17) is 10.00 Å². The maximum absolute atomic E-state index is 12.0. The van der Waals surface area contributed by atoms with Crippen LogP contribution in [0.3, 0.4) is 0 Å². The number of carbonyl (C=O) groups excluding carboxylic acids is 1. The average Bonchev–Trinajstić information content (AvgIpc) is 2.57. The van der Waals surface area contributed by atoms with Crippen molar-refractivity contribution in [1.29, 1.82) is 5.26 Å². The zero-order chi connectivity index (χ0) is 18.9.